The molecule has 1 fully saturated rings. The highest BCUT2D eigenvalue weighted by molar-refractivity contribution is 5.94. The molecule has 1 amide bonds. The van der Waals surface area contributed by atoms with Crippen LogP contribution in [0.5, 0.6) is 11.5 Å². The maximum absolute atomic E-state index is 12.0. The van der Waals surface area contributed by atoms with Crippen molar-refractivity contribution in [2.24, 2.45) is 0 Å². The molecule has 2 rings (SSSR count). The molecule has 0 aliphatic carbocycles. The Labute approximate surface area is 112 Å². The fraction of sp³-hybridized carbons (Fsp3) is 0.462. The monoisotopic (exact) mass is 266 g/mol. The smallest absolute Gasteiger partial charge is 0.254 e. The summed E-state index contributed by atoms with van der Waals surface area (Å²) in [5.41, 5.74) is 0.621. The van der Waals surface area contributed by atoms with Crippen molar-refractivity contribution in [3.8, 4) is 11.5 Å². The van der Waals surface area contributed by atoms with Crippen molar-refractivity contribution in [3.63, 3.8) is 0 Å². The molecule has 0 spiro atoms. The van der Waals surface area contributed by atoms with E-state index in [0.717, 1.165) is 6.54 Å². The number of anilines is 1. The molecule has 19 heavy (non-hydrogen) atoms. The lowest BCUT2D eigenvalue weighted by molar-refractivity contribution is -0.128. The summed E-state index contributed by atoms with van der Waals surface area (Å²) in [6, 6.07) is 5.21. The number of benzene rings is 1. The van der Waals surface area contributed by atoms with E-state index in [1.807, 2.05) is 0 Å². The minimum atomic E-state index is -0.467. The van der Waals surface area contributed by atoms with E-state index in [9.17, 15) is 4.79 Å². The first-order chi connectivity index (χ1) is 9.22. The molecule has 6 nitrogen and oxygen atoms in total. The molecule has 1 saturated heterocycles. The third-order valence-corrected chi connectivity index (χ3v) is 2.84. The van der Waals surface area contributed by atoms with Gasteiger partial charge in [0.25, 0.3) is 5.91 Å². The number of methoxy groups -OCH3 is 2. The van der Waals surface area contributed by atoms with E-state index >= 15 is 0 Å². The minimum Gasteiger partial charge on any atom is -0.497 e. The van der Waals surface area contributed by atoms with Crippen LogP contribution in [-0.2, 0) is 9.53 Å². The topological polar surface area (TPSA) is 68.8 Å². The zero-order valence-corrected chi connectivity index (χ0v) is 11.1. The molecule has 104 valence electrons. The lowest BCUT2D eigenvalue weighted by Crippen LogP contribution is -2.45. The standard InChI is InChI=1S/C13H18N2O4/c1-17-10-5-9(6-11(7-10)18-2)15-13(16)12-8-14-3-4-19-12/h5-7,12,14H,3-4,8H2,1-2H3,(H,15,16). The number of rotatable bonds is 4. The second-order valence-electron chi connectivity index (χ2n) is 4.15. The van der Waals surface area contributed by atoms with Gasteiger partial charge in [-0.1, -0.05) is 0 Å². The van der Waals surface area contributed by atoms with Gasteiger partial charge in [0, 0.05) is 37.0 Å². The fourth-order valence-corrected chi connectivity index (χ4v) is 1.84. The first kappa shape index (κ1) is 13.6. The van der Waals surface area contributed by atoms with Crippen LogP contribution in [0, 0.1) is 0 Å². The van der Waals surface area contributed by atoms with Gasteiger partial charge in [-0.05, 0) is 0 Å². The number of hydrogen-bond donors (Lipinski definition) is 2. The van der Waals surface area contributed by atoms with E-state index in [-0.39, 0.29) is 5.91 Å². The molecular formula is C13H18N2O4. The molecule has 6 heteroatoms. The number of carbonyl (C=O) groups is 1. The Morgan fingerprint density at radius 3 is 2.53 bits per heavy atom. The van der Waals surface area contributed by atoms with Crippen LogP contribution in [0.4, 0.5) is 5.69 Å². The summed E-state index contributed by atoms with van der Waals surface area (Å²) in [5.74, 6) is 1.07. The van der Waals surface area contributed by atoms with Crippen molar-refractivity contribution in [1.29, 1.82) is 0 Å². The summed E-state index contributed by atoms with van der Waals surface area (Å²) in [7, 11) is 3.13. The maximum Gasteiger partial charge on any atom is 0.254 e. The predicted molar refractivity (Wildman–Crippen MR) is 70.8 cm³/mol. The van der Waals surface area contributed by atoms with Crippen molar-refractivity contribution in [2.45, 2.75) is 6.10 Å². The van der Waals surface area contributed by atoms with Crippen LogP contribution in [0.25, 0.3) is 0 Å². The van der Waals surface area contributed by atoms with Crippen LogP contribution in [-0.4, -0.2) is 45.9 Å². The molecule has 0 radical (unpaired) electrons. The summed E-state index contributed by atoms with van der Waals surface area (Å²) < 4.78 is 15.7. The Bertz CT molecular complexity index is 422. The predicted octanol–water partition coefficient (Wildman–Crippen LogP) is 0.631. The molecule has 1 heterocycles. The highest BCUT2D eigenvalue weighted by atomic mass is 16.5. The van der Waals surface area contributed by atoms with Gasteiger partial charge in [-0.25, -0.2) is 0 Å². The molecule has 1 unspecified atom stereocenters. The van der Waals surface area contributed by atoms with E-state index in [1.165, 1.54) is 0 Å². The van der Waals surface area contributed by atoms with Gasteiger partial charge >= 0.3 is 0 Å². The summed E-state index contributed by atoms with van der Waals surface area (Å²) in [6.45, 7) is 1.84. The minimum absolute atomic E-state index is 0.178. The molecule has 1 aliphatic rings. The van der Waals surface area contributed by atoms with Gasteiger partial charge in [0.1, 0.15) is 17.6 Å². The Morgan fingerprint density at radius 1 is 1.32 bits per heavy atom. The van der Waals surface area contributed by atoms with Crippen LogP contribution in [0.3, 0.4) is 0 Å². The summed E-state index contributed by atoms with van der Waals surface area (Å²) >= 11 is 0. The second-order valence-corrected chi connectivity index (χ2v) is 4.15. The van der Waals surface area contributed by atoms with Gasteiger partial charge < -0.3 is 24.8 Å². The van der Waals surface area contributed by atoms with Crippen LogP contribution >= 0.6 is 0 Å². The Balaban J connectivity index is 2.06. The summed E-state index contributed by atoms with van der Waals surface area (Å²) in [6.07, 6.45) is -0.467. The Kier molecular flexibility index (Phi) is 4.59. The Morgan fingerprint density at radius 2 is 2.00 bits per heavy atom. The number of carbonyl (C=O) groups excluding carboxylic acids is 1. The quantitative estimate of drug-likeness (QED) is 0.836. The number of hydrogen-bond acceptors (Lipinski definition) is 5. The van der Waals surface area contributed by atoms with E-state index < -0.39 is 6.10 Å². The van der Waals surface area contributed by atoms with Crippen LogP contribution in [0.15, 0.2) is 18.2 Å². The van der Waals surface area contributed by atoms with E-state index in [0.29, 0.717) is 30.3 Å². The van der Waals surface area contributed by atoms with E-state index in [1.54, 1.807) is 32.4 Å². The third-order valence-electron chi connectivity index (χ3n) is 2.84. The van der Waals surface area contributed by atoms with Gasteiger partial charge in [-0.15, -0.1) is 0 Å². The molecule has 1 aliphatic heterocycles. The molecule has 0 aromatic heterocycles. The van der Waals surface area contributed by atoms with Crippen molar-refractivity contribution in [1.82, 2.24) is 5.32 Å². The van der Waals surface area contributed by atoms with Crippen molar-refractivity contribution in [2.75, 3.05) is 39.2 Å². The third kappa shape index (κ3) is 3.59. The van der Waals surface area contributed by atoms with E-state index in [4.69, 9.17) is 14.2 Å². The molecule has 0 saturated carbocycles. The SMILES string of the molecule is COc1cc(NC(=O)C2CNCCO2)cc(OC)c1. The fourth-order valence-electron chi connectivity index (χ4n) is 1.84. The second kappa shape index (κ2) is 6.40. The van der Waals surface area contributed by atoms with Gasteiger partial charge in [0.15, 0.2) is 0 Å². The van der Waals surface area contributed by atoms with Gasteiger partial charge in [0.05, 0.1) is 20.8 Å². The van der Waals surface area contributed by atoms with E-state index in [2.05, 4.69) is 10.6 Å². The average Bonchev–Trinajstić information content (AvgIpc) is 2.47. The molecule has 0 bridgehead atoms. The lowest BCUT2D eigenvalue weighted by Gasteiger charge is -2.22. The Hall–Kier alpha value is -1.79. The van der Waals surface area contributed by atoms with Crippen LogP contribution in [0.1, 0.15) is 0 Å². The average molecular weight is 266 g/mol. The number of ether oxygens (including phenoxy) is 3. The number of morpholine rings is 1. The first-order valence-electron chi connectivity index (χ1n) is 6.09. The van der Waals surface area contributed by atoms with Crippen LogP contribution in [0.2, 0.25) is 0 Å². The molecule has 1 atom stereocenters. The van der Waals surface area contributed by atoms with Crippen LogP contribution < -0.4 is 20.1 Å². The van der Waals surface area contributed by atoms with Gasteiger partial charge in [-0.2, -0.15) is 0 Å². The summed E-state index contributed by atoms with van der Waals surface area (Å²) in [4.78, 5) is 12.0. The molecular weight excluding hydrogens is 248 g/mol. The molecule has 1 aromatic carbocycles. The van der Waals surface area contributed by atoms with Crippen molar-refractivity contribution in [3.05, 3.63) is 18.2 Å². The molecule has 2 N–H and O–H groups in total. The number of nitrogens with one attached hydrogen (secondary N) is 2. The van der Waals surface area contributed by atoms with Gasteiger partial charge in [-0.3, -0.25) is 4.79 Å². The number of amides is 1. The zero-order valence-electron chi connectivity index (χ0n) is 11.1. The normalized spacial score (nSPS) is 18.7. The van der Waals surface area contributed by atoms with Gasteiger partial charge in [0.2, 0.25) is 0 Å². The van der Waals surface area contributed by atoms with Crippen molar-refractivity contribution < 1.29 is 19.0 Å². The summed E-state index contributed by atoms with van der Waals surface area (Å²) in [5, 5.41) is 5.91. The molecule has 1 aromatic rings. The highest BCUT2D eigenvalue weighted by Crippen LogP contribution is 2.25. The lowest BCUT2D eigenvalue weighted by atomic mass is 10.2. The first-order valence-corrected chi connectivity index (χ1v) is 6.09. The zero-order chi connectivity index (χ0) is 13.7. The maximum atomic E-state index is 12.0. The largest absolute Gasteiger partial charge is 0.497 e. The highest BCUT2D eigenvalue weighted by Gasteiger charge is 2.21. The van der Waals surface area contributed by atoms with Crippen molar-refractivity contribution >= 4 is 11.6 Å².